The summed E-state index contributed by atoms with van der Waals surface area (Å²) in [6.07, 6.45) is 1.32. The van der Waals surface area contributed by atoms with E-state index in [1.165, 1.54) is 31.6 Å². The third-order valence-electron chi connectivity index (χ3n) is 3.86. The van der Waals surface area contributed by atoms with Gasteiger partial charge in [0.15, 0.2) is 0 Å². The second-order valence-corrected chi connectivity index (χ2v) is 6.37. The van der Waals surface area contributed by atoms with Crippen molar-refractivity contribution >= 4 is 23.1 Å². The Morgan fingerprint density at radius 2 is 1.78 bits per heavy atom. The topological polar surface area (TPSA) is 57.7 Å². The number of aromatic nitrogens is 1. The highest BCUT2D eigenvalue weighted by Gasteiger charge is 2.12. The van der Waals surface area contributed by atoms with Gasteiger partial charge >= 0.3 is 5.97 Å². The van der Waals surface area contributed by atoms with E-state index < -0.39 is 5.97 Å². The molecule has 2 aromatic carbocycles. The fraction of sp³-hybridized carbons (Fsp3) is 0.143. The van der Waals surface area contributed by atoms with Gasteiger partial charge in [-0.3, -0.25) is 0 Å². The Morgan fingerprint density at radius 1 is 1.04 bits per heavy atom. The number of thiazole rings is 1. The number of methoxy groups -OCH3 is 2. The lowest BCUT2D eigenvalue weighted by Gasteiger charge is -2.12. The van der Waals surface area contributed by atoms with Crippen LogP contribution in [-0.2, 0) is 20.9 Å². The van der Waals surface area contributed by atoms with Crippen LogP contribution in [0.4, 0.5) is 0 Å². The summed E-state index contributed by atoms with van der Waals surface area (Å²) in [4.78, 5) is 16.1. The summed E-state index contributed by atoms with van der Waals surface area (Å²) in [6.45, 7) is 0.305. The summed E-state index contributed by atoms with van der Waals surface area (Å²) < 4.78 is 15.9. The Morgan fingerprint density at radius 3 is 2.52 bits per heavy atom. The fourth-order valence-corrected chi connectivity index (χ4v) is 3.18. The Balaban J connectivity index is 1.77. The van der Waals surface area contributed by atoms with E-state index in [9.17, 15) is 4.79 Å². The van der Waals surface area contributed by atoms with Crippen LogP contribution in [0, 0.1) is 0 Å². The van der Waals surface area contributed by atoms with E-state index in [1.54, 1.807) is 0 Å². The summed E-state index contributed by atoms with van der Waals surface area (Å²) in [5.41, 5.74) is 3.58. The number of ether oxygens (including phenoxy) is 3. The van der Waals surface area contributed by atoms with Gasteiger partial charge in [0, 0.05) is 22.1 Å². The normalized spacial score (nSPS) is 11.1. The second kappa shape index (κ2) is 9.00. The molecule has 0 aliphatic carbocycles. The number of carbonyl (C=O) groups excluding carboxylic acids is 1. The highest BCUT2D eigenvalue weighted by molar-refractivity contribution is 7.11. The Labute approximate surface area is 161 Å². The summed E-state index contributed by atoms with van der Waals surface area (Å²) >= 11 is 1.44. The minimum atomic E-state index is -0.477. The van der Waals surface area contributed by atoms with Crippen LogP contribution in [0.5, 0.6) is 5.19 Å². The van der Waals surface area contributed by atoms with Crippen LogP contribution in [-0.4, -0.2) is 25.2 Å². The predicted molar refractivity (Wildman–Crippen MR) is 105 cm³/mol. The molecule has 3 aromatic rings. The van der Waals surface area contributed by atoms with Gasteiger partial charge in [-0.1, -0.05) is 65.9 Å². The molecule has 0 aliphatic heterocycles. The van der Waals surface area contributed by atoms with Crippen molar-refractivity contribution in [2.75, 3.05) is 14.2 Å². The third kappa shape index (κ3) is 4.74. The van der Waals surface area contributed by atoms with Crippen LogP contribution in [0.25, 0.3) is 17.0 Å². The Hall–Kier alpha value is -3.12. The summed E-state index contributed by atoms with van der Waals surface area (Å²) in [7, 11) is 2.84. The number of benzene rings is 2. The van der Waals surface area contributed by atoms with Crippen molar-refractivity contribution in [3.8, 4) is 16.5 Å². The maximum atomic E-state index is 11.6. The Kier molecular flexibility index (Phi) is 6.22. The quantitative estimate of drug-likeness (QED) is 0.341. The second-order valence-electron chi connectivity index (χ2n) is 5.55. The van der Waals surface area contributed by atoms with Crippen LogP contribution in [0.15, 0.2) is 66.1 Å². The molecule has 0 bridgehead atoms. The molecule has 0 amide bonds. The molecule has 5 nitrogen and oxygen atoms in total. The smallest absolute Gasteiger partial charge is 0.334 e. The predicted octanol–water partition coefficient (Wildman–Crippen LogP) is 4.55. The first-order valence-electron chi connectivity index (χ1n) is 8.27. The van der Waals surface area contributed by atoms with Gasteiger partial charge < -0.3 is 14.2 Å². The number of esters is 1. The number of hydrogen-bond acceptors (Lipinski definition) is 6. The molecule has 0 saturated heterocycles. The van der Waals surface area contributed by atoms with Crippen molar-refractivity contribution in [1.29, 1.82) is 0 Å². The standard InChI is InChI=1S/C21H19NO4S/c1-24-19(12-20(23)25-2)17-11-7-6-10-16(17)13-26-21-22-18(14-27-21)15-8-4-3-5-9-15/h3-12,14H,13H2,1-2H3. The zero-order valence-electron chi connectivity index (χ0n) is 15.0. The van der Waals surface area contributed by atoms with Gasteiger partial charge in [0.25, 0.3) is 5.19 Å². The molecule has 0 fully saturated rings. The van der Waals surface area contributed by atoms with Crippen LogP contribution < -0.4 is 4.74 Å². The molecule has 0 saturated carbocycles. The molecule has 0 unspecified atom stereocenters. The lowest BCUT2D eigenvalue weighted by atomic mass is 10.1. The average Bonchev–Trinajstić information content (AvgIpc) is 3.20. The van der Waals surface area contributed by atoms with Gasteiger partial charge in [0.05, 0.1) is 26.0 Å². The van der Waals surface area contributed by atoms with Crippen LogP contribution >= 0.6 is 11.3 Å². The van der Waals surface area contributed by atoms with Crippen molar-refractivity contribution in [1.82, 2.24) is 4.98 Å². The zero-order chi connectivity index (χ0) is 19.1. The van der Waals surface area contributed by atoms with Crippen molar-refractivity contribution < 1.29 is 19.0 Å². The first-order valence-corrected chi connectivity index (χ1v) is 9.15. The lowest BCUT2D eigenvalue weighted by molar-refractivity contribution is -0.134. The lowest BCUT2D eigenvalue weighted by Crippen LogP contribution is -2.03. The van der Waals surface area contributed by atoms with Gasteiger partial charge in [-0.15, -0.1) is 0 Å². The molecule has 0 N–H and O–H groups in total. The molecular formula is C21H19NO4S. The SMILES string of the molecule is COC(=O)C=C(OC)c1ccccc1COc1nc(-c2ccccc2)cs1. The van der Waals surface area contributed by atoms with Crippen molar-refractivity contribution in [2.45, 2.75) is 6.61 Å². The zero-order valence-corrected chi connectivity index (χ0v) is 15.9. The molecular weight excluding hydrogens is 362 g/mol. The number of carbonyl (C=O) groups is 1. The van der Waals surface area contributed by atoms with E-state index in [0.29, 0.717) is 17.6 Å². The highest BCUT2D eigenvalue weighted by Crippen LogP contribution is 2.28. The number of rotatable bonds is 7. The van der Waals surface area contributed by atoms with Gasteiger partial charge in [-0.2, -0.15) is 0 Å². The third-order valence-corrected chi connectivity index (χ3v) is 4.61. The van der Waals surface area contributed by atoms with Crippen LogP contribution in [0.3, 0.4) is 0 Å². The Bertz CT molecular complexity index is 934. The van der Waals surface area contributed by atoms with Crippen molar-refractivity contribution in [3.05, 3.63) is 77.2 Å². The molecule has 0 radical (unpaired) electrons. The van der Waals surface area contributed by atoms with Gasteiger partial charge in [-0.05, 0) is 0 Å². The molecule has 6 heteroatoms. The fourth-order valence-electron chi connectivity index (χ4n) is 2.50. The van der Waals surface area contributed by atoms with Gasteiger partial charge in [0.1, 0.15) is 12.4 Å². The van der Waals surface area contributed by atoms with E-state index in [1.807, 2.05) is 60.0 Å². The maximum absolute atomic E-state index is 11.6. The molecule has 1 aromatic heterocycles. The van der Waals surface area contributed by atoms with Gasteiger partial charge in [-0.25, -0.2) is 9.78 Å². The molecule has 1 heterocycles. The van der Waals surface area contributed by atoms with E-state index in [0.717, 1.165) is 22.4 Å². The first-order chi connectivity index (χ1) is 13.2. The first kappa shape index (κ1) is 18.7. The number of nitrogens with zero attached hydrogens (tertiary/aromatic N) is 1. The largest absolute Gasteiger partial charge is 0.496 e. The molecule has 0 spiro atoms. The maximum Gasteiger partial charge on any atom is 0.334 e. The van der Waals surface area contributed by atoms with Crippen LogP contribution in [0.2, 0.25) is 0 Å². The molecule has 27 heavy (non-hydrogen) atoms. The molecule has 138 valence electrons. The van der Waals surface area contributed by atoms with Gasteiger partial charge in [0.2, 0.25) is 0 Å². The average molecular weight is 381 g/mol. The van der Waals surface area contributed by atoms with E-state index >= 15 is 0 Å². The van der Waals surface area contributed by atoms with Crippen molar-refractivity contribution in [3.63, 3.8) is 0 Å². The monoisotopic (exact) mass is 381 g/mol. The molecule has 0 aliphatic rings. The van der Waals surface area contributed by atoms with E-state index in [2.05, 4.69) is 9.72 Å². The summed E-state index contributed by atoms with van der Waals surface area (Å²) in [5.74, 6) is -0.0554. The summed E-state index contributed by atoms with van der Waals surface area (Å²) in [5, 5.41) is 2.55. The number of hydrogen-bond donors (Lipinski definition) is 0. The minimum Gasteiger partial charge on any atom is -0.496 e. The van der Waals surface area contributed by atoms with Crippen LogP contribution in [0.1, 0.15) is 11.1 Å². The highest BCUT2D eigenvalue weighted by atomic mass is 32.1. The molecule has 3 rings (SSSR count). The molecule has 0 atom stereocenters. The van der Waals surface area contributed by atoms with E-state index in [4.69, 9.17) is 9.47 Å². The summed E-state index contributed by atoms with van der Waals surface area (Å²) in [6, 6.07) is 17.5. The minimum absolute atomic E-state index is 0.305. The van der Waals surface area contributed by atoms with Crippen molar-refractivity contribution in [2.24, 2.45) is 0 Å². The van der Waals surface area contributed by atoms with E-state index in [-0.39, 0.29) is 0 Å².